The van der Waals surface area contributed by atoms with Crippen LogP contribution in [0, 0.1) is 5.92 Å². The molecule has 2 fully saturated rings. The lowest BCUT2D eigenvalue weighted by Crippen LogP contribution is -2.31. The van der Waals surface area contributed by atoms with Crippen molar-refractivity contribution in [1.82, 2.24) is 19.2 Å². The molecule has 0 aromatic carbocycles. The molecule has 0 N–H and O–H groups in total. The molecule has 2 aromatic rings. The van der Waals surface area contributed by atoms with Gasteiger partial charge in [-0.25, -0.2) is 0 Å². The number of aromatic nitrogens is 4. The zero-order chi connectivity index (χ0) is 15.6. The van der Waals surface area contributed by atoms with Crippen LogP contribution in [-0.2, 0) is 24.8 Å². The minimum Gasteiger partial charge on any atom is -0.304 e. The molecular formula is C18H22N4O. The van der Waals surface area contributed by atoms with Crippen molar-refractivity contribution in [2.75, 3.05) is 0 Å². The van der Waals surface area contributed by atoms with Gasteiger partial charge in [-0.2, -0.15) is 0 Å². The van der Waals surface area contributed by atoms with Crippen LogP contribution in [-0.4, -0.2) is 19.2 Å². The van der Waals surface area contributed by atoms with E-state index < -0.39 is 0 Å². The first-order chi connectivity index (χ1) is 11.3. The average molecular weight is 310 g/mol. The molecular weight excluding hydrogens is 288 g/mol. The Balaban J connectivity index is 1.82. The van der Waals surface area contributed by atoms with Crippen LogP contribution < -0.4 is 5.56 Å². The standard InChI is InChI=1S/C18H22N4O/c1-2-11-21-13-5-3-4-6-14(13)22-15(16(21)23)19-20-17(22)18(9-10-18)12-7-8-12/h2,12H,1,3-11H2. The summed E-state index contributed by atoms with van der Waals surface area (Å²) in [6.07, 6.45) is 11.2. The van der Waals surface area contributed by atoms with Gasteiger partial charge in [0.15, 0.2) is 0 Å². The lowest BCUT2D eigenvalue weighted by atomic mass is 9.97. The van der Waals surface area contributed by atoms with Gasteiger partial charge < -0.3 is 4.57 Å². The Hall–Kier alpha value is -1.91. The number of fused-ring (bicyclic) bond motifs is 3. The topological polar surface area (TPSA) is 52.2 Å². The van der Waals surface area contributed by atoms with Crippen LogP contribution in [0.3, 0.4) is 0 Å². The van der Waals surface area contributed by atoms with Gasteiger partial charge in [0.05, 0.1) is 0 Å². The van der Waals surface area contributed by atoms with Crippen LogP contribution in [0.4, 0.5) is 0 Å². The van der Waals surface area contributed by atoms with Crippen molar-refractivity contribution in [2.24, 2.45) is 5.92 Å². The van der Waals surface area contributed by atoms with Crippen molar-refractivity contribution in [3.8, 4) is 0 Å². The molecule has 0 unspecified atom stereocenters. The Bertz CT molecular complexity index is 867. The Morgan fingerprint density at radius 1 is 1.17 bits per heavy atom. The van der Waals surface area contributed by atoms with Crippen LogP contribution >= 0.6 is 0 Å². The molecule has 120 valence electrons. The lowest BCUT2D eigenvalue weighted by molar-refractivity contribution is 0.531. The molecule has 0 bridgehead atoms. The van der Waals surface area contributed by atoms with Crippen LogP contribution in [0.15, 0.2) is 17.4 Å². The highest BCUT2D eigenvalue weighted by molar-refractivity contribution is 5.44. The van der Waals surface area contributed by atoms with Gasteiger partial charge in [-0.1, -0.05) is 6.08 Å². The summed E-state index contributed by atoms with van der Waals surface area (Å²) in [7, 11) is 0. The molecule has 2 aromatic heterocycles. The van der Waals surface area contributed by atoms with E-state index in [0.717, 1.165) is 31.0 Å². The van der Waals surface area contributed by atoms with Crippen molar-refractivity contribution in [1.29, 1.82) is 0 Å². The number of rotatable bonds is 4. The molecule has 0 saturated heterocycles. The summed E-state index contributed by atoms with van der Waals surface area (Å²) in [5.74, 6) is 1.85. The second-order valence-corrected chi connectivity index (χ2v) is 7.42. The van der Waals surface area contributed by atoms with Gasteiger partial charge in [0.1, 0.15) is 5.82 Å². The van der Waals surface area contributed by atoms with E-state index in [-0.39, 0.29) is 11.0 Å². The van der Waals surface area contributed by atoms with Gasteiger partial charge in [-0.15, -0.1) is 16.8 Å². The molecule has 0 spiro atoms. The van der Waals surface area contributed by atoms with Gasteiger partial charge in [-0.3, -0.25) is 9.20 Å². The molecule has 0 aliphatic heterocycles. The number of hydrogen-bond donors (Lipinski definition) is 0. The average Bonchev–Trinajstić information content (AvgIpc) is 3.48. The van der Waals surface area contributed by atoms with E-state index in [1.807, 2.05) is 4.57 Å². The molecule has 0 amide bonds. The van der Waals surface area contributed by atoms with Gasteiger partial charge in [-0.05, 0) is 57.3 Å². The van der Waals surface area contributed by atoms with Gasteiger partial charge in [0, 0.05) is 23.3 Å². The van der Waals surface area contributed by atoms with E-state index in [2.05, 4.69) is 21.2 Å². The van der Waals surface area contributed by atoms with Crippen LogP contribution in [0.1, 0.15) is 55.7 Å². The second kappa shape index (κ2) is 4.56. The monoisotopic (exact) mass is 310 g/mol. The number of aryl methyl sites for hydroxylation is 1. The number of allylic oxidation sites excluding steroid dienone is 1. The van der Waals surface area contributed by atoms with Crippen LogP contribution in [0.25, 0.3) is 5.65 Å². The first-order valence-electron chi connectivity index (χ1n) is 8.87. The predicted octanol–water partition coefficient (Wildman–Crippen LogP) is 2.40. The summed E-state index contributed by atoms with van der Waals surface area (Å²) in [6.45, 7) is 4.37. The largest absolute Gasteiger partial charge is 0.304 e. The number of nitrogens with zero attached hydrogens (tertiary/aromatic N) is 4. The highest BCUT2D eigenvalue weighted by Gasteiger charge is 2.58. The van der Waals surface area contributed by atoms with E-state index >= 15 is 0 Å². The third kappa shape index (κ3) is 1.76. The molecule has 2 heterocycles. The molecule has 5 nitrogen and oxygen atoms in total. The minimum absolute atomic E-state index is 0.00380. The van der Waals surface area contributed by atoms with E-state index in [1.54, 1.807) is 6.08 Å². The zero-order valence-corrected chi connectivity index (χ0v) is 13.4. The zero-order valence-electron chi connectivity index (χ0n) is 13.4. The lowest BCUT2D eigenvalue weighted by Gasteiger charge is -2.23. The third-order valence-corrected chi connectivity index (χ3v) is 6.01. The summed E-state index contributed by atoms with van der Waals surface area (Å²) in [5.41, 5.74) is 3.20. The van der Waals surface area contributed by atoms with Gasteiger partial charge >= 0.3 is 0 Å². The fourth-order valence-electron chi connectivity index (χ4n) is 4.56. The number of hydrogen-bond acceptors (Lipinski definition) is 3. The molecule has 23 heavy (non-hydrogen) atoms. The first kappa shape index (κ1) is 13.5. The summed E-state index contributed by atoms with van der Waals surface area (Å²) in [5, 5.41) is 8.87. The van der Waals surface area contributed by atoms with Gasteiger partial charge in [0.2, 0.25) is 5.65 Å². The van der Waals surface area contributed by atoms with Crippen molar-refractivity contribution >= 4 is 5.65 Å². The van der Waals surface area contributed by atoms with Crippen LogP contribution in [0.5, 0.6) is 0 Å². The molecule has 5 heteroatoms. The maximum absolute atomic E-state index is 12.9. The Labute approximate surface area is 135 Å². The second-order valence-electron chi connectivity index (χ2n) is 7.42. The van der Waals surface area contributed by atoms with Crippen molar-refractivity contribution < 1.29 is 0 Å². The van der Waals surface area contributed by atoms with Crippen molar-refractivity contribution in [3.05, 3.63) is 40.2 Å². The summed E-state index contributed by atoms with van der Waals surface area (Å²) in [6, 6.07) is 0. The normalized spacial score (nSPS) is 22.1. The highest BCUT2D eigenvalue weighted by Crippen LogP contribution is 2.61. The van der Waals surface area contributed by atoms with E-state index in [0.29, 0.717) is 12.2 Å². The third-order valence-electron chi connectivity index (χ3n) is 6.01. The maximum atomic E-state index is 12.9. The quantitative estimate of drug-likeness (QED) is 0.815. The van der Waals surface area contributed by atoms with Crippen LogP contribution in [0.2, 0.25) is 0 Å². The molecule has 0 atom stereocenters. The Morgan fingerprint density at radius 2 is 1.91 bits per heavy atom. The Kier molecular flexibility index (Phi) is 2.68. The molecule has 3 aliphatic rings. The molecule has 5 rings (SSSR count). The first-order valence-corrected chi connectivity index (χ1v) is 8.87. The smallest absolute Gasteiger partial charge is 0.296 e. The molecule has 2 saturated carbocycles. The van der Waals surface area contributed by atoms with E-state index in [9.17, 15) is 4.79 Å². The Morgan fingerprint density at radius 3 is 2.57 bits per heavy atom. The predicted molar refractivity (Wildman–Crippen MR) is 87.7 cm³/mol. The van der Waals surface area contributed by atoms with Gasteiger partial charge in [0.25, 0.3) is 5.56 Å². The SMILES string of the molecule is C=CCn1c2c(n3c(C4(C5CC5)CC4)nnc3c1=O)CCCC2. The van der Waals surface area contributed by atoms with Crippen molar-refractivity contribution in [3.63, 3.8) is 0 Å². The fraction of sp³-hybridized carbons (Fsp3) is 0.611. The van der Waals surface area contributed by atoms with E-state index in [1.165, 1.54) is 43.5 Å². The summed E-state index contributed by atoms with van der Waals surface area (Å²) >= 11 is 0. The highest BCUT2D eigenvalue weighted by atomic mass is 16.1. The van der Waals surface area contributed by atoms with Crippen molar-refractivity contribution in [2.45, 2.75) is 63.3 Å². The van der Waals surface area contributed by atoms with E-state index in [4.69, 9.17) is 0 Å². The fourth-order valence-corrected chi connectivity index (χ4v) is 4.56. The molecule has 0 radical (unpaired) electrons. The summed E-state index contributed by atoms with van der Waals surface area (Å²) < 4.78 is 4.02. The summed E-state index contributed by atoms with van der Waals surface area (Å²) in [4.78, 5) is 12.9. The molecule has 3 aliphatic carbocycles. The maximum Gasteiger partial charge on any atom is 0.296 e. The minimum atomic E-state index is -0.00380.